The number of pyridine rings is 1. The van der Waals surface area contributed by atoms with Crippen LogP contribution in [-0.2, 0) is 15.6 Å². The Labute approximate surface area is 127 Å². The van der Waals surface area contributed by atoms with Crippen LogP contribution in [0.5, 0.6) is 0 Å². The van der Waals surface area contributed by atoms with Crippen molar-refractivity contribution in [3.63, 3.8) is 0 Å². The molecule has 0 aliphatic heterocycles. The third-order valence-corrected chi connectivity index (χ3v) is 5.35. The first kappa shape index (κ1) is 15.0. The molecule has 0 amide bonds. The van der Waals surface area contributed by atoms with Gasteiger partial charge in [-0.15, -0.1) is 0 Å². The number of halogens is 1. The molecular weight excluding hydrogens is 340 g/mol. The SMILES string of the molecule is Cc1cnc(CS(=O)(=O)c2ccc(Br)cc2)c(C)c1N. The molecule has 20 heavy (non-hydrogen) atoms. The van der Waals surface area contributed by atoms with Gasteiger partial charge in [-0.05, 0) is 49.2 Å². The first-order chi connectivity index (χ1) is 9.31. The average molecular weight is 355 g/mol. The Morgan fingerprint density at radius 2 is 1.80 bits per heavy atom. The van der Waals surface area contributed by atoms with Crippen LogP contribution in [0.3, 0.4) is 0 Å². The number of rotatable bonds is 3. The van der Waals surface area contributed by atoms with Crippen molar-refractivity contribution >= 4 is 31.5 Å². The van der Waals surface area contributed by atoms with Crippen molar-refractivity contribution in [1.82, 2.24) is 4.98 Å². The van der Waals surface area contributed by atoms with Gasteiger partial charge in [0.15, 0.2) is 9.84 Å². The smallest absolute Gasteiger partial charge is 0.184 e. The lowest BCUT2D eigenvalue weighted by Crippen LogP contribution is -2.09. The normalized spacial score (nSPS) is 11.6. The molecule has 0 aliphatic carbocycles. The zero-order valence-electron chi connectivity index (χ0n) is 11.2. The number of aromatic nitrogens is 1. The first-order valence-corrected chi connectivity index (χ1v) is 8.44. The fourth-order valence-corrected chi connectivity index (χ4v) is 3.48. The molecule has 2 rings (SSSR count). The van der Waals surface area contributed by atoms with Crippen LogP contribution in [0.4, 0.5) is 5.69 Å². The maximum atomic E-state index is 12.4. The van der Waals surface area contributed by atoms with Crippen LogP contribution in [0.2, 0.25) is 0 Å². The molecule has 0 bridgehead atoms. The van der Waals surface area contributed by atoms with E-state index in [2.05, 4.69) is 20.9 Å². The number of hydrogen-bond acceptors (Lipinski definition) is 4. The molecule has 0 spiro atoms. The van der Waals surface area contributed by atoms with E-state index >= 15 is 0 Å². The third-order valence-electron chi connectivity index (χ3n) is 3.18. The van der Waals surface area contributed by atoms with E-state index in [0.29, 0.717) is 11.4 Å². The lowest BCUT2D eigenvalue weighted by atomic mass is 10.1. The van der Waals surface area contributed by atoms with Crippen molar-refractivity contribution in [3.05, 3.63) is 51.8 Å². The third kappa shape index (κ3) is 3.02. The van der Waals surface area contributed by atoms with Crippen molar-refractivity contribution in [2.75, 3.05) is 5.73 Å². The summed E-state index contributed by atoms with van der Waals surface area (Å²) in [5.41, 5.74) is 8.59. The van der Waals surface area contributed by atoms with E-state index in [4.69, 9.17) is 5.73 Å². The van der Waals surface area contributed by atoms with E-state index < -0.39 is 9.84 Å². The average Bonchev–Trinajstić information content (AvgIpc) is 2.40. The monoisotopic (exact) mass is 354 g/mol. The zero-order valence-corrected chi connectivity index (χ0v) is 13.6. The fourth-order valence-electron chi connectivity index (χ4n) is 1.84. The number of nitrogens with zero attached hydrogens (tertiary/aromatic N) is 1. The predicted molar refractivity (Wildman–Crippen MR) is 83.2 cm³/mol. The maximum absolute atomic E-state index is 12.4. The molecule has 4 nitrogen and oxygen atoms in total. The Morgan fingerprint density at radius 1 is 1.20 bits per heavy atom. The molecule has 0 aliphatic rings. The molecule has 0 radical (unpaired) electrons. The quantitative estimate of drug-likeness (QED) is 0.919. The Morgan fingerprint density at radius 3 is 2.40 bits per heavy atom. The number of sulfone groups is 1. The molecule has 2 aromatic rings. The standard InChI is InChI=1S/C14H15BrN2O2S/c1-9-7-17-13(10(2)14(9)16)8-20(18,19)12-5-3-11(15)4-6-12/h3-7H,8H2,1-2H3,(H2,16,17). The molecule has 1 aromatic heterocycles. The highest BCUT2D eigenvalue weighted by atomic mass is 79.9. The first-order valence-electron chi connectivity index (χ1n) is 6.00. The van der Waals surface area contributed by atoms with Gasteiger partial charge < -0.3 is 5.73 Å². The van der Waals surface area contributed by atoms with Gasteiger partial charge in [-0.1, -0.05) is 15.9 Å². The van der Waals surface area contributed by atoms with Gasteiger partial charge in [0.25, 0.3) is 0 Å². The summed E-state index contributed by atoms with van der Waals surface area (Å²) in [6.07, 6.45) is 1.61. The lowest BCUT2D eigenvalue weighted by Gasteiger charge is -2.10. The summed E-state index contributed by atoms with van der Waals surface area (Å²) in [5, 5.41) is 0. The number of nitrogen functional groups attached to an aromatic ring is 1. The highest BCUT2D eigenvalue weighted by Gasteiger charge is 2.18. The second kappa shape index (κ2) is 5.54. The molecule has 6 heteroatoms. The molecule has 2 N–H and O–H groups in total. The summed E-state index contributed by atoms with van der Waals surface area (Å²) in [4.78, 5) is 4.48. The van der Waals surface area contributed by atoms with Crippen LogP contribution in [-0.4, -0.2) is 13.4 Å². The number of benzene rings is 1. The van der Waals surface area contributed by atoms with Gasteiger partial charge in [0.1, 0.15) is 0 Å². The van der Waals surface area contributed by atoms with Gasteiger partial charge >= 0.3 is 0 Å². The van der Waals surface area contributed by atoms with Crippen molar-refractivity contribution in [2.24, 2.45) is 0 Å². The van der Waals surface area contributed by atoms with Crippen molar-refractivity contribution < 1.29 is 8.42 Å². The number of hydrogen-bond donors (Lipinski definition) is 1. The second-order valence-corrected chi connectivity index (χ2v) is 7.54. The molecule has 0 fully saturated rings. The van der Waals surface area contributed by atoms with Crippen LogP contribution >= 0.6 is 15.9 Å². The van der Waals surface area contributed by atoms with E-state index in [9.17, 15) is 8.42 Å². The zero-order chi connectivity index (χ0) is 14.9. The van der Waals surface area contributed by atoms with Gasteiger partial charge in [0.05, 0.1) is 16.3 Å². The van der Waals surface area contributed by atoms with Crippen LogP contribution in [0.1, 0.15) is 16.8 Å². The minimum atomic E-state index is -3.42. The van der Waals surface area contributed by atoms with Crippen LogP contribution in [0.25, 0.3) is 0 Å². The Kier molecular flexibility index (Phi) is 4.15. The van der Waals surface area contributed by atoms with Crippen LogP contribution in [0.15, 0.2) is 39.8 Å². The Bertz CT molecular complexity index is 741. The largest absolute Gasteiger partial charge is 0.398 e. The number of nitrogens with two attached hydrogens (primary N) is 1. The molecule has 0 atom stereocenters. The lowest BCUT2D eigenvalue weighted by molar-refractivity contribution is 0.594. The van der Waals surface area contributed by atoms with Gasteiger partial charge in [0, 0.05) is 16.4 Å². The van der Waals surface area contributed by atoms with Crippen molar-refractivity contribution in [2.45, 2.75) is 24.5 Å². The molecule has 0 unspecified atom stereocenters. The van der Waals surface area contributed by atoms with E-state index in [1.165, 1.54) is 0 Å². The summed E-state index contributed by atoms with van der Waals surface area (Å²) in [7, 11) is -3.42. The summed E-state index contributed by atoms with van der Waals surface area (Å²) >= 11 is 3.28. The Balaban J connectivity index is 2.38. The van der Waals surface area contributed by atoms with Crippen molar-refractivity contribution in [3.8, 4) is 0 Å². The highest BCUT2D eigenvalue weighted by molar-refractivity contribution is 9.10. The summed E-state index contributed by atoms with van der Waals surface area (Å²) in [6, 6.07) is 6.56. The van der Waals surface area contributed by atoms with E-state index in [1.807, 2.05) is 6.92 Å². The van der Waals surface area contributed by atoms with Gasteiger partial charge in [-0.3, -0.25) is 4.98 Å². The summed E-state index contributed by atoms with van der Waals surface area (Å²) < 4.78 is 25.6. The fraction of sp³-hybridized carbons (Fsp3) is 0.214. The predicted octanol–water partition coefficient (Wildman–Crippen LogP) is 3.02. The van der Waals surface area contributed by atoms with Gasteiger partial charge in [-0.2, -0.15) is 0 Å². The number of aryl methyl sites for hydroxylation is 1. The number of anilines is 1. The minimum Gasteiger partial charge on any atom is -0.398 e. The molecular formula is C14H15BrN2O2S. The van der Waals surface area contributed by atoms with Gasteiger partial charge in [0.2, 0.25) is 0 Å². The molecule has 0 saturated heterocycles. The summed E-state index contributed by atoms with van der Waals surface area (Å²) in [5.74, 6) is -0.148. The topological polar surface area (TPSA) is 73.0 Å². The molecule has 1 aromatic carbocycles. The minimum absolute atomic E-state index is 0.148. The van der Waals surface area contributed by atoms with Crippen LogP contribution < -0.4 is 5.73 Å². The molecule has 1 heterocycles. The highest BCUT2D eigenvalue weighted by Crippen LogP contribution is 2.23. The van der Waals surface area contributed by atoms with E-state index in [0.717, 1.165) is 15.6 Å². The van der Waals surface area contributed by atoms with E-state index in [-0.39, 0.29) is 10.6 Å². The summed E-state index contributed by atoms with van der Waals surface area (Å²) in [6.45, 7) is 3.64. The maximum Gasteiger partial charge on any atom is 0.184 e. The molecule has 106 valence electrons. The molecule has 0 saturated carbocycles. The van der Waals surface area contributed by atoms with Gasteiger partial charge in [-0.25, -0.2) is 8.42 Å². The van der Waals surface area contributed by atoms with Crippen molar-refractivity contribution in [1.29, 1.82) is 0 Å². The van der Waals surface area contributed by atoms with Crippen LogP contribution in [0, 0.1) is 13.8 Å². The second-order valence-electron chi connectivity index (χ2n) is 4.64. The van der Waals surface area contributed by atoms with E-state index in [1.54, 1.807) is 37.4 Å². The Hall–Kier alpha value is -1.40.